The molecule has 0 aromatic heterocycles. The number of phenols is 1. The molecule has 0 heterocycles. The van der Waals surface area contributed by atoms with Crippen LogP contribution < -0.4 is 10.7 Å². The van der Waals surface area contributed by atoms with Crippen LogP contribution >= 0.6 is 11.6 Å². The predicted octanol–water partition coefficient (Wildman–Crippen LogP) is 2.91. The third kappa shape index (κ3) is 5.73. The molecule has 2 aromatic carbocycles. The van der Waals surface area contributed by atoms with Crippen molar-refractivity contribution in [3.05, 3.63) is 59.1 Å². The van der Waals surface area contributed by atoms with Gasteiger partial charge >= 0.3 is 0 Å². The Labute approximate surface area is 144 Å². The molecule has 7 heteroatoms. The number of hydrogen-bond acceptors (Lipinski definition) is 4. The largest absolute Gasteiger partial charge is 0.507 e. The maximum atomic E-state index is 11.8. The lowest BCUT2D eigenvalue weighted by Gasteiger charge is -2.05. The van der Waals surface area contributed by atoms with Crippen LogP contribution in [0.4, 0.5) is 5.69 Å². The zero-order valence-corrected chi connectivity index (χ0v) is 13.5. The van der Waals surface area contributed by atoms with E-state index in [0.29, 0.717) is 16.3 Å². The van der Waals surface area contributed by atoms with Crippen molar-refractivity contribution in [1.29, 1.82) is 0 Å². The summed E-state index contributed by atoms with van der Waals surface area (Å²) < 4.78 is 0. The van der Waals surface area contributed by atoms with Crippen LogP contribution in [0.25, 0.3) is 0 Å². The molecule has 3 N–H and O–H groups in total. The maximum Gasteiger partial charge on any atom is 0.240 e. The van der Waals surface area contributed by atoms with Gasteiger partial charge in [0.05, 0.1) is 6.21 Å². The van der Waals surface area contributed by atoms with Crippen molar-refractivity contribution in [3.8, 4) is 5.75 Å². The van der Waals surface area contributed by atoms with E-state index in [1.54, 1.807) is 42.5 Å². The van der Waals surface area contributed by atoms with Gasteiger partial charge in [-0.05, 0) is 30.3 Å². The standard InChI is InChI=1S/C17H16ClN3O3/c18-13-5-3-6-14(10-13)20-16(23)8-9-17(24)21-19-11-12-4-1-2-7-15(12)22/h1-7,10-11,22H,8-9H2,(H,20,23)(H,21,24)/b19-11-. The average Bonchev–Trinajstić information content (AvgIpc) is 2.55. The van der Waals surface area contributed by atoms with Gasteiger partial charge in [0.25, 0.3) is 0 Å². The lowest BCUT2D eigenvalue weighted by molar-refractivity contribution is -0.124. The summed E-state index contributed by atoms with van der Waals surface area (Å²) in [6, 6.07) is 13.3. The summed E-state index contributed by atoms with van der Waals surface area (Å²) in [5, 5.41) is 16.5. The molecular weight excluding hydrogens is 330 g/mol. The second-order valence-electron chi connectivity index (χ2n) is 4.91. The molecule has 6 nitrogen and oxygen atoms in total. The van der Waals surface area contributed by atoms with E-state index in [-0.39, 0.29) is 24.5 Å². The molecule has 0 atom stereocenters. The highest BCUT2D eigenvalue weighted by Crippen LogP contribution is 2.15. The molecule has 2 rings (SSSR count). The fraction of sp³-hybridized carbons (Fsp3) is 0.118. The molecule has 0 aliphatic heterocycles. The highest BCUT2D eigenvalue weighted by molar-refractivity contribution is 6.30. The number of carbonyl (C=O) groups is 2. The Bertz CT molecular complexity index is 762. The second-order valence-corrected chi connectivity index (χ2v) is 5.35. The van der Waals surface area contributed by atoms with Crippen molar-refractivity contribution >= 4 is 35.3 Å². The number of anilines is 1. The zero-order chi connectivity index (χ0) is 17.4. The van der Waals surface area contributed by atoms with Gasteiger partial charge < -0.3 is 10.4 Å². The van der Waals surface area contributed by atoms with Gasteiger partial charge in [0, 0.05) is 29.1 Å². The van der Waals surface area contributed by atoms with Crippen molar-refractivity contribution in [2.24, 2.45) is 5.10 Å². The van der Waals surface area contributed by atoms with Crippen LogP contribution in [0.3, 0.4) is 0 Å². The van der Waals surface area contributed by atoms with Crippen LogP contribution in [0.2, 0.25) is 5.02 Å². The van der Waals surface area contributed by atoms with Crippen LogP contribution in [0.15, 0.2) is 53.6 Å². The molecule has 0 radical (unpaired) electrons. The van der Waals surface area contributed by atoms with E-state index in [4.69, 9.17) is 11.6 Å². The molecule has 0 saturated carbocycles. The molecule has 2 amide bonds. The molecular formula is C17H16ClN3O3. The van der Waals surface area contributed by atoms with Gasteiger partial charge in [-0.2, -0.15) is 5.10 Å². The average molecular weight is 346 g/mol. The smallest absolute Gasteiger partial charge is 0.240 e. The highest BCUT2D eigenvalue weighted by Gasteiger charge is 2.07. The number of phenolic OH excluding ortho intramolecular Hbond substituents is 1. The summed E-state index contributed by atoms with van der Waals surface area (Å²) in [4.78, 5) is 23.4. The molecule has 2 aromatic rings. The molecule has 0 unspecified atom stereocenters. The number of benzene rings is 2. The lowest BCUT2D eigenvalue weighted by atomic mass is 10.2. The summed E-state index contributed by atoms with van der Waals surface area (Å²) >= 11 is 5.83. The quantitative estimate of drug-likeness (QED) is 0.555. The Balaban J connectivity index is 1.75. The van der Waals surface area contributed by atoms with Gasteiger partial charge in [-0.25, -0.2) is 5.43 Å². The summed E-state index contributed by atoms with van der Waals surface area (Å²) in [5.41, 5.74) is 3.36. The molecule has 0 saturated heterocycles. The van der Waals surface area contributed by atoms with Crippen LogP contribution in [0.5, 0.6) is 5.75 Å². The number of carbonyl (C=O) groups excluding carboxylic acids is 2. The van der Waals surface area contributed by atoms with E-state index < -0.39 is 5.91 Å². The van der Waals surface area contributed by atoms with Crippen LogP contribution in [-0.2, 0) is 9.59 Å². The van der Waals surface area contributed by atoms with Crippen molar-refractivity contribution in [2.75, 3.05) is 5.32 Å². The fourth-order valence-corrected chi connectivity index (χ4v) is 2.03. The number of para-hydroxylation sites is 1. The van der Waals surface area contributed by atoms with Crippen LogP contribution in [0.1, 0.15) is 18.4 Å². The number of hydrogen-bond donors (Lipinski definition) is 3. The van der Waals surface area contributed by atoms with Crippen LogP contribution in [-0.4, -0.2) is 23.1 Å². The minimum atomic E-state index is -0.400. The highest BCUT2D eigenvalue weighted by atomic mass is 35.5. The van der Waals surface area contributed by atoms with E-state index in [1.165, 1.54) is 12.3 Å². The molecule has 24 heavy (non-hydrogen) atoms. The first-order valence-electron chi connectivity index (χ1n) is 7.20. The minimum absolute atomic E-state index is 0.00941. The number of halogens is 1. The van der Waals surface area contributed by atoms with Crippen molar-refractivity contribution < 1.29 is 14.7 Å². The van der Waals surface area contributed by atoms with E-state index >= 15 is 0 Å². The number of aromatic hydroxyl groups is 1. The Kier molecular flexibility index (Phi) is 6.33. The van der Waals surface area contributed by atoms with Crippen molar-refractivity contribution in [3.63, 3.8) is 0 Å². The molecule has 0 aliphatic rings. The number of nitrogens with zero attached hydrogens (tertiary/aromatic N) is 1. The Morgan fingerprint density at radius 2 is 1.83 bits per heavy atom. The fourth-order valence-electron chi connectivity index (χ4n) is 1.84. The normalized spacial score (nSPS) is 10.5. The third-order valence-corrected chi connectivity index (χ3v) is 3.25. The number of rotatable bonds is 6. The Morgan fingerprint density at radius 1 is 1.08 bits per heavy atom. The number of hydrazone groups is 1. The minimum Gasteiger partial charge on any atom is -0.507 e. The third-order valence-electron chi connectivity index (χ3n) is 3.02. The second kappa shape index (κ2) is 8.69. The monoisotopic (exact) mass is 345 g/mol. The molecule has 0 aliphatic carbocycles. The van der Waals surface area contributed by atoms with E-state index in [9.17, 15) is 14.7 Å². The maximum absolute atomic E-state index is 11.8. The van der Waals surface area contributed by atoms with E-state index in [1.807, 2.05) is 0 Å². The molecule has 0 fully saturated rings. The number of nitrogens with one attached hydrogen (secondary N) is 2. The van der Waals surface area contributed by atoms with Gasteiger partial charge in [-0.3, -0.25) is 9.59 Å². The van der Waals surface area contributed by atoms with Gasteiger partial charge in [0.15, 0.2) is 0 Å². The Morgan fingerprint density at radius 3 is 2.58 bits per heavy atom. The number of amides is 2. The van der Waals surface area contributed by atoms with E-state index in [2.05, 4.69) is 15.8 Å². The van der Waals surface area contributed by atoms with Gasteiger partial charge in [0.1, 0.15) is 5.75 Å². The summed E-state index contributed by atoms with van der Waals surface area (Å²) in [5.74, 6) is -0.628. The molecule has 0 spiro atoms. The summed E-state index contributed by atoms with van der Waals surface area (Å²) in [6.45, 7) is 0. The molecule has 124 valence electrons. The first-order chi connectivity index (χ1) is 11.5. The van der Waals surface area contributed by atoms with Gasteiger partial charge in [-0.1, -0.05) is 29.8 Å². The van der Waals surface area contributed by atoms with Crippen LogP contribution in [0, 0.1) is 0 Å². The predicted molar refractivity (Wildman–Crippen MR) is 93.2 cm³/mol. The summed E-state index contributed by atoms with van der Waals surface area (Å²) in [7, 11) is 0. The SMILES string of the molecule is O=C(CCC(=O)Nc1cccc(Cl)c1)N/N=C\c1ccccc1O. The Hall–Kier alpha value is -2.86. The first-order valence-corrected chi connectivity index (χ1v) is 7.58. The molecule has 0 bridgehead atoms. The topological polar surface area (TPSA) is 90.8 Å². The van der Waals surface area contributed by atoms with Gasteiger partial charge in [0.2, 0.25) is 11.8 Å². The lowest BCUT2D eigenvalue weighted by Crippen LogP contribution is -2.20. The van der Waals surface area contributed by atoms with Gasteiger partial charge in [-0.15, -0.1) is 0 Å². The van der Waals surface area contributed by atoms with E-state index in [0.717, 1.165) is 0 Å². The first kappa shape index (κ1) is 17.5. The zero-order valence-electron chi connectivity index (χ0n) is 12.7. The van der Waals surface area contributed by atoms with Crippen molar-refractivity contribution in [1.82, 2.24) is 5.43 Å². The summed E-state index contributed by atoms with van der Waals surface area (Å²) in [6.07, 6.45) is 1.34. The van der Waals surface area contributed by atoms with Crippen molar-refractivity contribution in [2.45, 2.75) is 12.8 Å².